The summed E-state index contributed by atoms with van der Waals surface area (Å²) < 4.78 is 52.6. The average molecular weight is 585 g/mol. The van der Waals surface area contributed by atoms with Gasteiger partial charge in [0.1, 0.15) is 11.6 Å². The van der Waals surface area contributed by atoms with Crippen molar-refractivity contribution >= 4 is 21.4 Å². The predicted molar refractivity (Wildman–Crippen MR) is 157 cm³/mol. The van der Waals surface area contributed by atoms with E-state index in [0.717, 1.165) is 54.5 Å². The summed E-state index contributed by atoms with van der Waals surface area (Å²) in [5.74, 6) is -2.02. The first-order valence-electron chi connectivity index (χ1n) is 13.6. The normalized spacial score (nSPS) is 18.8. The highest BCUT2D eigenvalue weighted by Gasteiger charge is 2.32. The Morgan fingerprint density at radius 3 is 2.12 bits per heavy atom. The van der Waals surface area contributed by atoms with Crippen molar-refractivity contribution in [2.24, 2.45) is 5.41 Å². The molecule has 1 atom stereocenters. The number of sulfone groups is 1. The number of hydrogen-bond acceptors (Lipinski definition) is 4. The molecule has 0 N–H and O–H groups in total. The molecule has 2 fully saturated rings. The Morgan fingerprint density at radius 2 is 1.52 bits per heavy atom. The lowest BCUT2D eigenvalue weighted by molar-refractivity contribution is 0.111. The lowest BCUT2D eigenvalue weighted by atomic mass is 9.84. The first kappa shape index (κ1) is 28.9. The van der Waals surface area contributed by atoms with Gasteiger partial charge in [0.2, 0.25) is 0 Å². The molecule has 2 aliphatic heterocycles. The fourth-order valence-electron chi connectivity index (χ4n) is 5.96. The standard InChI is InChI=1S/C32H35ClF2N2O2S/c1-32(2)12-3-13-36(22-32)17-23-4-6-26(7-5-23)31(27-8-10-28(33)11-9-27)37-18-25(19-37)21-40(38,39)20-24-14-29(34)16-30(35)15-24/h4-11,14-16,21,31H,3,12-13,17-20,22H2,1-2H3/t31-/m0/s1. The summed E-state index contributed by atoms with van der Waals surface area (Å²) in [5.41, 5.74) is 4.69. The van der Waals surface area contributed by atoms with Crippen molar-refractivity contribution in [3.8, 4) is 0 Å². The highest BCUT2D eigenvalue weighted by Crippen LogP contribution is 2.36. The van der Waals surface area contributed by atoms with Crippen LogP contribution in [0.4, 0.5) is 8.78 Å². The SMILES string of the molecule is CC1(C)CCCN(Cc2ccc([C@@H](c3ccc(Cl)cc3)N3CC(=CS(=O)(=O)Cc4cc(F)cc(F)c4)C3)cc2)C1. The number of nitrogens with zero attached hydrogens (tertiary/aromatic N) is 2. The Kier molecular flexibility index (Phi) is 8.48. The molecule has 5 rings (SSSR count). The molecule has 0 saturated carbocycles. The van der Waals surface area contributed by atoms with Gasteiger partial charge in [-0.25, -0.2) is 17.2 Å². The van der Waals surface area contributed by atoms with E-state index in [2.05, 4.69) is 47.9 Å². The minimum Gasteiger partial charge on any atom is -0.299 e. The third-order valence-electron chi connectivity index (χ3n) is 7.68. The van der Waals surface area contributed by atoms with Crippen LogP contribution in [-0.4, -0.2) is 44.4 Å². The van der Waals surface area contributed by atoms with Crippen LogP contribution in [0.5, 0.6) is 0 Å². The number of benzene rings is 3. The van der Waals surface area contributed by atoms with E-state index in [0.29, 0.717) is 23.5 Å². The smallest absolute Gasteiger partial charge is 0.175 e. The predicted octanol–water partition coefficient (Wildman–Crippen LogP) is 7.14. The first-order valence-corrected chi connectivity index (χ1v) is 15.7. The van der Waals surface area contributed by atoms with E-state index in [4.69, 9.17) is 11.6 Å². The number of likely N-dealkylation sites (tertiary alicyclic amines) is 2. The minimum absolute atomic E-state index is 0.0580. The molecule has 2 saturated heterocycles. The van der Waals surface area contributed by atoms with E-state index in [1.807, 2.05) is 24.3 Å². The molecule has 0 amide bonds. The van der Waals surface area contributed by atoms with Gasteiger partial charge < -0.3 is 0 Å². The van der Waals surface area contributed by atoms with Gasteiger partial charge in [0.25, 0.3) is 0 Å². The Morgan fingerprint density at radius 1 is 0.925 bits per heavy atom. The van der Waals surface area contributed by atoms with Crippen LogP contribution in [0.2, 0.25) is 5.02 Å². The molecule has 3 aromatic rings. The van der Waals surface area contributed by atoms with Gasteiger partial charge in [-0.15, -0.1) is 0 Å². The third kappa shape index (κ3) is 7.38. The van der Waals surface area contributed by atoms with Gasteiger partial charge in [-0.05, 0) is 76.9 Å². The second kappa shape index (κ2) is 11.7. The molecule has 0 spiro atoms. The Labute approximate surface area is 241 Å². The Balaban J connectivity index is 1.31. The molecular formula is C32H35ClF2N2O2S. The molecule has 0 aromatic heterocycles. The van der Waals surface area contributed by atoms with Crippen LogP contribution in [-0.2, 0) is 22.1 Å². The molecule has 212 valence electrons. The number of piperidine rings is 1. The molecule has 0 radical (unpaired) electrons. The van der Waals surface area contributed by atoms with E-state index in [1.54, 1.807) is 0 Å². The van der Waals surface area contributed by atoms with Gasteiger partial charge in [-0.2, -0.15) is 0 Å². The van der Waals surface area contributed by atoms with Crippen LogP contribution in [0.15, 0.2) is 77.7 Å². The van der Waals surface area contributed by atoms with Crippen molar-refractivity contribution < 1.29 is 17.2 Å². The Bertz CT molecular complexity index is 1460. The van der Waals surface area contributed by atoms with Gasteiger partial charge in [-0.3, -0.25) is 9.80 Å². The second-order valence-electron chi connectivity index (χ2n) is 11.9. The van der Waals surface area contributed by atoms with E-state index in [9.17, 15) is 17.2 Å². The third-order valence-corrected chi connectivity index (χ3v) is 9.36. The fourth-order valence-corrected chi connectivity index (χ4v) is 7.45. The van der Waals surface area contributed by atoms with Crippen LogP contribution in [0.25, 0.3) is 0 Å². The summed E-state index contributed by atoms with van der Waals surface area (Å²) in [4.78, 5) is 4.74. The summed E-state index contributed by atoms with van der Waals surface area (Å²) >= 11 is 6.16. The summed E-state index contributed by atoms with van der Waals surface area (Å²) in [7, 11) is -3.68. The molecule has 0 unspecified atom stereocenters. The molecule has 2 aliphatic rings. The number of rotatable bonds is 8. The van der Waals surface area contributed by atoms with Gasteiger partial charge in [-0.1, -0.05) is 61.8 Å². The molecule has 8 heteroatoms. The first-order chi connectivity index (χ1) is 18.9. The summed E-state index contributed by atoms with van der Waals surface area (Å²) in [6.45, 7) is 8.78. The van der Waals surface area contributed by atoms with E-state index < -0.39 is 27.2 Å². The monoisotopic (exact) mass is 584 g/mol. The van der Waals surface area contributed by atoms with Gasteiger partial charge in [0.05, 0.1) is 11.8 Å². The van der Waals surface area contributed by atoms with Crippen LogP contribution in [0, 0.1) is 17.0 Å². The topological polar surface area (TPSA) is 40.6 Å². The molecule has 0 bridgehead atoms. The van der Waals surface area contributed by atoms with Crippen molar-refractivity contribution in [3.63, 3.8) is 0 Å². The zero-order chi connectivity index (χ0) is 28.5. The van der Waals surface area contributed by atoms with E-state index >= 15 is 0 Å². The van der Waals surface area contributed by atoms with Crippen molar-refractivity contribution in [3.05, 3.63) is 117 Å². The Hall–Kier alpha value is -2.58. The summed E-state index contributed by atoms with van der Waals surface area (Å²) in [6, 6.07) is 19.3. The van der Waals surface area contributed by atoms with E-state index in [-0.39, 0.29) is 11.6 Å². The van der Waals surface area contributed by atoms with Gasteiger partial charge in [0.15, 0.2) is 9.84 Å². The van der Waals surface area contributed by atoms with Crippen molar-refractivity contribution in [1.82, 2.24) is 9.80 Å². The van der Waals surface area contributed by atoms with Crippen LogP contribution in [0.1, 0.15) is 55.0 Å². The summed E-state index contributed by atoms with van der Waals surface area (Å²) in [5, 5.41) is 1.92. The lowest BCUT2D eigenvalue weighted by Crippen LogP contribution is -2.43. The molecule has 4 nitrogen and oxygen atoms in total. The number of halogens is 3. The maximum Gasteiger partial charge on any atom is 0.175 e. The van der Waals surface area contributed by atoms with E-state index in [1.165, 1.54) is 23.8 Å². The highest BCUT2D eigenvalue weighted by atomic mass is 35.5. The zero-order valence-electron chi connectivity index (χ0n) is 22.9. The average Bonchev–Trinajstić information content (AvgIpc) is 2.83. The van der Waals surface area contributed by atoms with Crippen molar-refractivity contribution in [1.29, 1.82) is 0 Å². The maximum absolute atomic E-state index is 13.5. The maximum atomic E-state index is 13.5. The number of hydrogen-bond donors (Lipinski definition) is 0. The largest absolute Gasteiger partial charge is 0.299 e. The highest BCUT2D eigenvalue weighted by molar-refractivity contribution is 7.93. The van der Waals surface area contributed by atoms with Crippen LogP contribution < -0.4 is 0 Å². The molecule has 3 aromatic carbocycles. The van der Waals surface area contributed by atoms with Crippen molar-refractivity contribution in [2.45, 2.75) is 45.0 Å². The van der Waals surface area contributed by atoms with Crippen LogP contribution in [0.3, 0.4) is 0 Å². The fraction of sp³-hybridized carbons (Fsp3) is 0.375. The lowest BCUT2D eigenvalue weighted by Gasteiger charge is -2.41. The molecular weight excluding hydrogens is 550 g/mol. The molecule has 40 heavy (non-hydrogen) atoms. The molecule has 0 aliphatic carbocycles. The van der Waals surface area contributed by atoms with Gasteiger partial charge in [0, 0.05) is 42.7 Å². The summed E-state index contributed by atoms with van der Waals surface area (Å²) in [6.07, 6.45) is 2.49. The molecule has 2 heterocycles. The second-order valence-corrected chi connectivity index (χ2v) is 14.2. The quantitative estimate of drug-likeness (QED) is 0.282. The van der Waals surface area contributed by atoms with Gasteiger partial charge >= 0.3 is 0 Å². The minimum atomic E-state index is -3.68. The van der Waals surface area contributed by atoms with Crippen molar-refractivity contribution in [2.75, 3.05) is 26.2 Å². The van der Waals surface area contributed by atoms with Crippen LogP contribution >= 0.6 is 11.6 Å². The zero-order valence-corrected chi connectivity index (χ0v) is 24.5.